The highest BCUT2D eigenvalue weighted by Gasteiger charge is 2.31. The van der Waals surface area contributed by atoms with Crippen molar-refractivity contribution in [3.63, 3.8) is 0 Å². The Kier molecular flexibility index (Phi) is 8.32. The van der Waals surface area contributed by atoms with E-state index in [2.05, 4.69) is 10.5 Å². The molecule has 3 rings (SSSR count). The van der Waals surface area contributed by atoms with E-state index < -0.39 is 32.7 Å². The molecule has 0 spiro atoms. The van der Waals surface area contributed by atoms with Gasteiger partial charge in [0, 0.05) is 16.1 Å². The van der Waals surface area contributed by atoms with Crippen molar-refractivity contribution < 1.29 is 30.6 Å². The van der Waals surface area contributed by atoms with Crippen LogP contribution >= 0.6 is 34.8 Å². The number of hydrogen-bond donors (Lipinski definition) is 1. The lowest BCUT2D eigenvalue weighted by Gasteiger charge is -2.11. The first-order valence-electron chi connectivity index (χ1n) is 9.53. The molecule has 1 amide bonds. The van der Waals surface area contributed by atoms with Crippen LogP contribution in [-0.2, 0) is 27.5 Å². The molecule has 3 aromatic rings. The van der Waals surface area contributed by atoms with Crippen molar-refractivity contribution in [3.8, 4) is 5.75 Å². The van der Waals surface area contributed by atoms with Crippen LogP contribution in [0.1, 0.15) is 16.7 Å². The average Bonchev–Trinajstić information content (AvgIpc) is 2.80. The third-order valence-corrected chi connectivity index (χ3v) is 6.90. The molecule has 1 N–H and O–H groups in total. The highest BCUT2D eigenvalue weighted by atomic mass is 35.5. The van der Waals surface area contributed by atoms with E-state index in [1.807, 2.05) is 0 Å². The van der Waals surface area contributed by atoms with E-state index in [0.29, 0.717) is 17.7 Å². The first kappa shape index (κ1) is 26.8. The first-order chi connectivity index (χ1) is 16.4. The maximum absolute atomic E-state index is 12.7. The Morgan fingerprint density at radius 2 is 1.60 bits per heavy atom. The molecular weight excluding hydrogens is 552 g/mol. The first-order valence-corrected chi connectivity index (χ1v) is 12.1. The second-order valence-corrected chi connectivity index (χ2v) is 9.63. The summed E-state index contributed by atoms with van der Waals surface area (Å²) in [5, 5.41) is 4.37. The minimum Gasteiger partial charge on any atom is -0.378 e. The van der Waals surface area contributed by atoms with Crippen molar-refractivity contribution in [2.24, 2.45) is 5.10 Å². The molecule has 0 aliphatic carbocycles. The lowest BCUT2D eigenvalue weighted by Crippen LogP contribution is -2.20. The molecule has 0 bridgehead atoms. The molecule has 13 heteroatoms. The van der Waals surface area contributed by atoms with Crippen LogP contribution in [0.3, 0.4) is 0 Å². The van der Waals surface area contributed by atoms with E-state index in [1.54, 1.807) is 6.07 Å². The van der Waals surface area contributed by atoms with E-state index in [1.165, 1.54) is 30.3 Å². The van der Waals surface area contributed by atoms with Gasteiger partial charge in [-0.25, -0.2) is 5.43 Å². The summed E-state index contributed by atoms with van der Waals surface area (Å²) in [7, 11) is -4.45. The molecule has 0 atom stereocenters. The smallest absolute Gasteiger partial charge is 0.378 e. The Morgan fingerprint density at radius 3 is 2.26 bits per heavy atom. The minimum absolute atomic E-state index is 0.130. The van der Waals surface area contributed by atoms with Crippen LogP contribution in [0, 0.1) is 0 Å². The van der Waals surface area contributed by atoms with E-state index in [4.69, 9.17) is 39.0 Å². The maximum atomic E-state index is 12.7. The van der Waals surface area contributed by atoms with Gasteiger partial charge in [0.05, 0.1) is 28.2 Å². The zero-order valence-electron chi connectivity index (χ0n) is 17.3. The van der Waals surface area contributed by atoms with Gasteiger partial charge in [0.25, 0.3) is 0 Å². The van der Waals surface area contributed by atoms with Crippen molar-refractivity contribution >= 4 is 57.0 Å². The number of para-hydroxylation sites is 1. The van der Waals surface area contributed by atoms with Gasteiger partial charge < -0.3 is 4.18 Å². The number of hydrogen-bond acceptors (Lipinski definition) is 5. The van der Waals surface area contributed by atoms with Gasteiger partial charge >= 0.3 is 16.3 Å². The quantitative estimate of drug-likeness (QED) is 0.162. The van der Waals surface area contributed by atoms with E-state index in [0.717, 1.165) is 18.3 Å². The lowest BCUT2D eigenvalue weighted by atomic mass is 10.1. The minimum atomic E-state index is -4.61. The van der Waals surface area contributed by atoms with Gasteiger partial charge in [-0.2, -0.15) is 26.7 Å². The fourth-order valence-electron chi connectivity index (χ4n) is 2.74. The standard InChI is InChI=1S/C22H14Cl3F3N2O4S/c23-17-9-10-18(24)21(25)16(17)11-20(31)30-29-12-13-3-1-2-4-19(13)34-35(32,33)15-7-5-14(6-8-15)22(26,27)28/h1-10,12H,11H2,(H,30,31)/b29-12+. The predicted molar refractivity (Wildman–Crippen MR) is 127 cm³/mol. The van der Waals surface area contributed by atoms with Crippen LogP contribution in [0.2, 0.25) is 15.1 Å². The highest BCUT2D eigenvalue weighted by Crippen LogP contribution is 2.32. The van der Waals surface area contributed by atoms with Gasteiger partial charge in [-0.05, 0) is 48.5 Å². The van der Waals surface area contributed by atoms with Crippen LogP contribution in [0.15, 0.2) is 70.7 Å². The van der Waals surface area contributed by atoms with E-state index in [9.17, 15) is 26.4 Å². The summed E-state index contributed by atoms with van der Waals surface area (Å²) in [5.41, 5.74) is 1.73. The van der Waals surface area contributed by atoms with Crippen molar-refractivity contribution in [1.82, 2.24) is 5.43 Å². The number of carbonyl (C=O) groups is 1. The monoisotopic (exact) mass is 564 g/mol. The Morgan fingerprint density at radius 1 is 0.971 bits per heavy atom. The number of nitrogens with zero attached hydrogens (tertiary/aromatic N) is 1. The van der Waals surface area contributed by atoms with Crippen molar-refractivity contribution in [1.29, 1.82) is 0 Å². The van der Waals surface area contributed by atoms with Gasteiger partial charge in [-0.15, -0.1) is 0 Å². The molecule has 3 aromatic carbocycles. The van der Waals surface area contributed by atoms with Gasteiger partial charge in [-0.1, -0.05) is 46.9 Å². The molecule has 0 radical (unpaired) electrons. The fraction of sp³-hybridized carbons (Fsp3) is 0.0909. The summed E-state index contributed by atoms with van der Waals surface area (Å²) in [4.78, 5) is 11.8. The zero-order chi connectivity index (χ0) is 25.8. The molecule has 184 valence electrons. The summed E-state index contributed by atoms with van der Waals surface area (Å²) in [6, 6.07) is 11.7. The molecule has 0 saturated carbocycles. The molecule has 0 saturated heterocycles. The summed E-state index contributed by atoms with van der Waals surface area (Å²) < 4.78 is 68.3. The molecule has 0 fully saturated rings. The second kappa shape index (κ2) is 10.9. The van der Waals surface area contributed by atoms with Gasteiger partial charge in [0.1, 0.15) is 4.90 Å². The van der Waals surface area contributed by atoms with Crippen molar-refractivity contribution in [2.75, 3.05) is 0 Å². The SMILES string of the molecule is O=C(Cc1c(Cl)ccc(Cl)c1Cl)N/N=C/c1ccccc1OS(=O)(=O)c1ccc(C(F)(F)F)cc1. The molecule has 35 heavy (non-hydrogen) atoms. The number of carbonyl (C=O) groups excluding carboxylic acids is 1. The number of alkyl halides is 3. The van der Waals surface area contributed by atoms with Gasteiger partial charge in [-0.3, -0.25) is 4.79 Å². The average molecular weight is 566 g/mol. The largest absolute Gasteiger partial charge is 0.416 e. The molecule has 0 heterocycles. The van der Waals surface area contributed by atoms with Crippen LogP contribution in [0.25, 0.3) is 0 Å². The van der Waals surface area contributed by atoms with Gasteiger partial charge in [0.2, 0.25) is 5.91 Å². The number of benzene rings is 3. The predicted octanol–water partition coefficient (Wildman–Crippen LogP) is 6.13. The number of halogens is 6. The Balaban J connectivity index is 1.72. The van der Waals surface area contributed by atoms with Crippen LogP contribution < -0.4 is 9.61 Å². The summed E-state index contributed by atoms with van der Waals surface area (Å²) in [5.74, 6) is -0.741. The fourth-order valence-corrected chi connectivity index (χ4v) is 4.38. The molecule has 6 nitrogen and oxygen atoms in total. The second-order valence-electron chi connectivity index (χ2n) is 6.89. The molecule has 0 aliphatic rings. The molecule has 0 aromatic heterocycles. The summed E-state index contributed by atoms with van der Waals surface area (Å²) in [6.07, 6.45) is -3.70. The van der Waals surface area contributed by atoms with Gasteiger partial charge in [0.15, 0.2) is 5.75 Å². The van der Waals surface area contributed by atoms with Crippen LogP contribution in [0.4, 0.5) is 13.2 Å². The van der Waals surface area contributed by atoms with E-state index in [-0.39, 0.29) is 32.8 Å². The lowest BCUT2D eigenvalue weighted by molar-refractivity contribution is -0.137. The number of amides is 1. The Labute approximate surface area is 213 Å². The third kappa shape index (κ3) is 6.88. The Bertz CT molecular complexity index is 1380. The highest BCUT2D eigenvalue weighted by molar-refractivity contribution is 7.87. The van der Waals surface area contributed by atoms with Crippen LogP contribution in [0.5, 0.6) is 5.75 Å². The molecular formula is C22H14Cl3F3N2O4S. The van der Waals surface area contributed by atoms with Crippen molar-refractivity contribution in [3.05, 3.63) is 92.4 Å². The number of rotatable bonds is 7. The van der Waals surface area contributed by atoms with Crippen molar-refractivity contribution in [2.45, 2.75) is 17.5 Å². The number of nitrogens with one attached hydrogen (secondary N) is 1. The number of hydrazone groups is 1. The third-order valence-electron chi connectivity index (χ3n) is 4.46. The normalized spacial score (nSPS) is 12.1. The van der Waals surface area contributed by atoms with Crippen LogP contribution in [-0.4, -0.2) is 20.5 Å². The Hall–Kier alpha value is -2.79. The molecule has 0 aliphatic heterocycles. The molecule has 0 unspecified atom stereocenters. The summed E-state index contributed by atoms with van der Waals surface area (Å²) >= 11 is 18.1. The maximum Gasteiger partial charge on any atom is 0.416 e. The topological polar surface area (TPSA) is 84.8 Å². The zero-order valence-corrected chi connectivity index (χ0v) is 20.4. The summed E-state index contributed by atoms with van der Waals surface area (Å²) in [6.45, 7) is 0. The van der Waals surface area contributed by atoms with E-state index >= 15 is 0 Å².